The van der Waals surface area contributed by atoms with Crippen LogP contribution in [0.5, 0.6) is 0 Å². The Balaban J connectivity index is 4.44. The maximum atomic E-state index is 10.5. The highest BCUT2D eigenvalue weighted by atomic mass is 28.4. The van der Waals surface area contributed by atoms with Crippen molar-refractivity contribution >= 4 is 14.6 Å². The number of hydrogen-bond acceptors (Lipinski definition) is 2. The van der Waals surface area contributed by atoms with Gasteiger partial charge in [0.2, 0.25) is 0 Å². The first-order chi connectivity index (χ1) is 7.74. The van der Waals surface area contributed by atoms with Crippen molar-refractivity contribution in [2.45, 2.75) is 84.0 Å². The Morgan fingerprint density at radius 1 is 1.24 bits per heavy atom. The van der Waals surface area contributed by atoms with Crippen LogP contribution < -0.4 is 0 Å². The molecule has 0 rings (SSSR count). The molecule has 0 aromatic carbocycles. The molecule has 0 saturated carbocycles. The predicted molar refractivity (Wildman–Crippen MR) is 76.9 cm³/mol. The van der Waals surface area contributed by atoms with Crippen LogP contribution in [0.2, 0.25) is 18.1 Å². The summed E-state index contributed by atoms with van der Waals surface area (Å²) in [4.78, 5) is 10.5. The Morgan fingerprint density at radius 3 is 2.24 bits per heavy atom. The second-order valence-electron chi connectivity index (χ2n) is 6.39. The highest BCUT2D eigenvalue weighted by Crippen LogP contribution is 2.38. The van der Waals surface area contributed by atoms with E-state index in [1.807, 2.05) is 0 Å². The SMILES string of the molecule is CCCCC(CCC=O)O[Si](C)(C)C(C)(C)C. The molecule has 102 valence electrons. The van der Waals surface area contributed by atoms with Crippen molar-refractivity contribution in [2.24, 2.45) is 0 Å². The summed E-state index contributed by atoms with van der Waals surface area (Å²) in [6.07, 6.45) is 6.28. The molecule has 0 aromatic heterocycles. The molecule has 0 fully saturated rings. The normalized spacial score (nSPS) is 14.7. The van der Waals surface area contributed by atoms with Gasteiger partial charge < -0.3 is 9.22 Å². The average Bonchev–Trinajstić information content (AvgIpc) is 2.20. The minimum absolute atomic E-state index is 0.249. The fraction of sp³-hybridized carbons (Fsp3) is 0.929. The molecule has 0 N–H and O–H groups in total. The third-order valence-electron chi connectivity index (χ3n) is 3.75. The second kappa shape index (κ2) is 7.32. The molecular weight excluding hydrogens is 228 g/mol. The summed E-state index contributed by atoms with van der Waals surface area (Å²) in [6, 6.07) is 0. The van der Waals surface area contributed by atoms with Crippen LogP contribution in [-0.4, -0.2) is 20.7 Å². The van der Waals surface area contributed by atoms with Gasteiger partial charge in [-0.3, -0.25) is 0 Å². The largest absolute Gasteiger partial charge is 0.414 e. The fourth-order valence-electron chi connectivity index (χ4n) is 1.54. The minimum atomic E-state index is -1.68. The van der Waals surface area contributed by atoms with E-state index in [2.05, 4.69) is 40.8 Å². The Hall–Kier alpha value is -0.153. The fourth-order valence-corrected chi connectivity index (χ4v) is 2.96. The lowest BCUT2D eigenvalue weighted by Crippen LogP contribution is -2.44. The summed E-state index contributed by atoms with van der Waals surface area (Å²) in [7, 11) is -1.68. The van der Waals surface area contributed by atoms with Crippen LogP contribution in [0.4, 0.5) is 0 Å². The lowest BCUT2D eigenvalue weighted by molar-refractivity contribution is -0.108. The summed E-state index contributed by atoms with van der Waals surface area (Å²) >= 11 is 0. The molecule has 0 radical (unpaired) electrons. The van der Waals surface area contributed by atoms with Crippen molar-refractivity contribution in [2.75, 3.05) is 0 Å². The van der Waals surface area contributed by atoms with Crippen LogP contribution in [0.3, 0.4) is 0 Å². The Labute approximate surface area is 108 Å². The first-order valence-corrected chi connectivity index (χ1v) is 9.77. The molecule has 0 aliphatic carbocycles. The molecule has 0 bridgehead atoms. The van der Waals surface area contributed by atoms with Crippen molar-refractivity contribution in [3.05, 3.63) is 0 Å². The predicted octanol–water partition coefficient (Wildman–Crippen LogP) is 4.55. The van der Waals surface area contributed by atoms with E-state index in [-0.39, 0.29) is 11.1 Å². The quantitative estimate of drug-likeness (QED) is 0.472. The molecular formula is C14H30O2Si. The van der Waals surface area contributed by atoms with Crippen LogP contribution in [0.1, 0.15) is 59.8 Å². The van der Waals surface area contributed by atoms with E-state index in [1.54, 1.807) is 0 Å². The van der Waals surface area contributed by atoms with Gasteiger partial charge in [0.15, 0.2) is 8.32 Å². The van der Waals surface area contributed by atoms with Crippen molar-refractivity contribution < 1.29 is 9.22 Å². The van der Waals surface area contributed by atoms with Crippen molar-refractivity contribution in [3.63, 3.8) is 0 Å². The van der Waals surface area contributed by atoms with E-state index < -0.39 is 8.32 Å². The average molecular weight is 258 g/mol. The molecule has 0 aromatic rings. The zero-order chi connectivity index (χ0) is 13.5. The molecule has 0 aliphatic heterocycles. The minimum Gasteiger partial charge on any atom is -0.414 e. The van der Waals surface area contributed by atoms with Gasteiger partial charge in [0.25, 0.3) is 0 Å². The monoisotopic (exact) mass is 258 g/mol. The van der Waals surface area contributed by atoms with Gasteiger partial charge in [-0.15, -0.1) is 0 Å². The first-order valence-electron chi connectivity index (χ1n) is 6.86. The van der Waals surface area contributed by atoms with Crippen LogP contribution in [0.25, 0.3) is 0 Å². The van der Waals surface area contributed by atoms with Crippen LogP contribution in [-0.2, 0) is 9.22 Å². The Morgan fingerprint density at radius 2 is 1.82 bits per heavy atom. The molecule has 1 atom stereocenters. The van der Waals surface area contributed by atoms with Crippen LogP contribution >= 0.6 is 0 Å². The molecule has 0 heterocycles. The summed E-state index contributed by atoms with van der Waals surface area (Å²) in [5, 5.41) is 0.249. The number of carbonyl (C=O) groups excluding carboxylic acids is 1. The van der Waals surface area contributed by atoms with Gasteiger partial charge >= 0.3 is 0 Å². The van der Waals surface area contributed by atoms with Gasteiger partial charge in [-0.05, 0) is 31.0 Å². The maximum Gasteiger partial charge on any atom is 0.192 e. The zero-order valence-corrected chi connectivity index (χ0v) is 13.5. The standard InChI is InChI=1S/C14H30O2Si/c1-7-8-10-13(11-9-12-15)16-17(5,6)14(2,3)4/h12-13H,7-11H2,1-6H3. The van der Waals surface area contributed by atoms with E-state index >= 15 is 0 Å². The van der Waals surface area contributed by atoms with Gasteiger partial charge in [0.05, 0.1) is 0 Å². The van der Waals surface area contributed by atoms with E-state index in [9.17, 15) is 4.79 Å². The van der Waals surface area contributed by atoms with Gasteiger partial charge in [0.1, 0.15) is 6.29 Å². The summed E-state index contributed by atoms with van der Waals surface area (Å²) in [5.74, 6) is 0. The maximum absolute atomic E-state index is 10.5. The van der Waals surface area contributed by atoms with Crippen LogP contribution in [0, 0.1) is 0 Å². The smallest absolute Gasteiger partial charge is 0.192 e. The third-order valence-corrected chi connectivity index (χ3v) is 8.29. The molecule has 2 nitrogen and oxygen atoms in total. The second-order valence-corrected chi connectivity index (χ2v) is 11.1. The summed E-state index contributed by atoms with van der Waals surface area (Å²) in [5.41, 5.74) is 0. The summed E-state index contributed by atoms with van der Waals surface area (Å²) in [6.45, 7) is 13.5. The van der Waals surface area contributed by atoms with Gasteiger partial charge in [-0.2, -0.15) is 0 Å². The summed E-state index contributed by atoms with van der Waals surface area (Å²) < 4.78 is 6.39. The molecule has 1 unspecified atom stereocenters. The molecule has 0 aliphatic rings. The number of unbranched alkanes of at least 4 members (excludes halogenated alkanes) is 1. The highest BCUT2D eigenvalue weighted by Gasteiger charge is 2.38. The lowest BCUT2D eigenvalue weighted by Gasteiger charge is -2.39. The number of aldehydes is 1. The molecule has 0 saturated heterocycles. The van der Waals surface area contributed by atoms with Crippen molar-refractivity contribution in [1.82, 2.24) is 0 Å². The highest BCUT2D eigenvalue weighted by molar-refractivity contribution is 6.74. The zero-order valence-electron chi connectivity index (χ0n) is 12.5. The molecule has 0 spiro atoms. The third kappa shape index (κ3) is 6.37. The van der Waals surface area contributed by atoms with Crippen LogP contribution in [0.15, 0.2) is 0 Å². The van der Waals surface area contributed by atoms with E-state index in [0.717, 1.165) is 19.1 Å². The van der Waals surface area contributed by atoms with Gasteiger partial charge in [0, 0.05) is 12.5 Å². The van der Waals surface area contributed by atoms with Crippen molar-refractivity contribution in [3.8, 4) is 0 Å². The lowest BCUT2D eigenvalue weighted by atomic mass is 10.1. The number of carbonyl (C=O) groups is 1. The molecule has 3 heteroatoms. The number of rotatable bonds is 8. The number of hydrogen-bond donors (Lipinski definition) is 0. The molecule has 0 amide bonds. The van der Waals surface area contributed by atoms with E-state index in [1.165, 1.54) is 12.8 Å². The van der Waals surface area contributed by atoms with Crippen molar-refractivity contribution in [1.29, 1.82) is 0 Å². The first kappa shape index (κ1) is 16.8. The Bertz CT molecular complexity index is 219. The van der Waals surface area contributed by atoms with E-state index in [0.29, 0.717) is 6.42 Å². The van der Waals surface area contributed by atoms with Gasteiger partial charge in [-0.25, -0.2) is 0 Å². The molecule has 17 heavy (non-hydrogen) atoms. The van der Waals surface area contributed by atoms with Gasteiger partial charge in [-0.1, -0.05) is 40.5 Å². The van der Waals surface area contributed by atoms with E-state index in [4.69, 9.17) is 4.43 Å². The topological polar surface area (TPSA) is 26.3 Å². The Kier molecular flexibility index (Phi) is 7.25.